The number of hydrogen-bond donors (Lipinski definition) is 2. The number of aliphatic imine (C=N–C) groups is 1. The highest BCUT2D eigenvalue weighted by Gasteiger charge is 2.20. The van der Waals surface area contributed by atoms with Crippen LogP contribution in [0, 0.1) is 5.92 Å². The Morgan fingerprint density at radius 1 is 1.17 bits per heavy atom. The standard InChI is InChI=1S/C21H38N6OS/c1-3-20-25-19(17-29-20)16-27-8-5-18(6-9-27)15-24-21(22-4-2)23-7-10-26-11-13-28-14-12-26/h17-18H,3-16H2,1-2H3,(H2,22,23,24). The van der Waals surface area contributed by atoms with Gasteiger partial charge in [-0.25, -0.2) is 4.98 Å². The number of morpholine rings is 1. The monoisotopic (exact) mass is 422 g/mol. The predicted molar refractivity (Wildman–Crippen MR) is 121 cm³/mol. The lowest BCUT2D eigenvalue weighted by Crippen LogP contribution is -2.44. The molecule has 2 N–H and O–H groups in total. The lowest BCUT2D eigenvalue weighted by atomic mass is 9.97. The number of piperidine rings is 1. The first kappa shape index (κ1) is 22.5. The van der Waals surface area contributed by atoms with Crippen molar-refractivity contribution in [1.29, 1.82) is 0 Å². The summed E-state index contributed by atoms with van der Waals surface area (Å²) >= 11 is 1.79. The molecule has 7 nitrogen and oxygen atoms in total. The maximum absolute atomic E-state index is 5.41. The van der Waals surface area contributed by atoms with Gasteiger partial charge >= 0.3 is 0 Å². The molecule has 8 heteroatoms. The topological polar surface area (TPSA) is 65.0 Å². The minimum atomic E-state index is 0.683. The van der Waals surface area contributed by atoms with Gasteiger partial charge in [0.25, 0.3) is 0 Å². The second kappa shape index (κ2) is 12.5. The summed E-state index contributed by atoms with van der Waals surface area (Å²) in [7, 11) is 0. The predicted octanol–water partition coefficient (Wildman–Crippen LogP) is 1.80. The fraction of sp³-hybridized carbons (Fsp3) is 0.810. The summed E-state index contributed by atoms with van der Waals surface area (Å²) < 4.78 is 5.41. The van der Waals surface area contributed by atoms with E-state index in [-0.39, 0.29) is 0 Å². The van der Waals surface area contributed by atoms with Gasteiger partial charge in [0.05, 0.1) is 23.9 Å². The van der Waals surface area contributed by atoms with E-state index in [2.05, 4.69) is 39.7 Å². The number of ether oxygens (including phenoxy) is 1. The number of aryl methyl sites for hydroxylation is 1. The first-order chi connectivity index (χ1) is 14.3. The van der Waals surface area contributed by atoms with E-state index in [4.69, 9.17) is 14.7 Å². The van der Waals surface area contributed by atoms with Gasteiger partial charge in [0.1, 0.15) is 0 Å². The summed E-state index contributed by atoms with van der Waals surface area (Å²) in [5, 5.41) is 10.4. The normalized spacial score (nSPS) is 20.1. The van der Waals surface area contributed by atoms with Crippen LogP contribution in [0.25, 0.3) is 0 Å². The first-order valence-electron chi connectivity index (χ1n) is 11.2. The van der Waals surface area contributed by atoms with Crippen LogP contribution in [0.3, 0.4) is 0 Å². The van der Waals surface area contributed by atoms with Crippen molar-refractivity contribution in [3.63, 3.8) is 0 Å². The SMILES string of the molecule is CCNC(=NCC1CCN(Cc2csc(CC)n2)CC1)NCCN1CCOCC1. The number of rotatable bonds is 9. The summed E-state index contributed by atoms with van der Waals surface area (Å²) in [6.45, 7) is 15.2. The van der Waals surface area contributed by atoms with Crippen LogP contribution in [0.15, 0.2) is 10.4 Å². The molecule has 0 radical (unpaired) electrons. The van der Waals surface area contributed by atoms with Crippen molar-refractivity contribution >= 4 is 17.3 Å². The van der Waals surface area contributed by atoms with Crippen LogP contribution in [0.1, 0.15) is 37.4 Å². The molecular weight excluding hydrogens is 384 g/mol. The Morgan fingerprint density at radius 3 is 2.66 bits per heavy atom. The van der Waals surface area contributed by atoms with E-state index in [0.717, 1.165) is 84.5 Å². The van der Waals surface area contributed by atoms with E-state index in [1.165, 1.54) is 23.5 Å². The third-order valence-electron chi connectivity index (χ3n) is 5.67. The van der Waals surface area contributed by atoms with Gasteiger partial charge in [-0.3, -0.25) is 14.8 Å². The highest BCUT2D eigenvalue weighted by atomic mass is 32.1. The number of hydrogen-bond acceptors (Lipinski definition) is 6. The Balaban J connectivity index is 1.35. The largest absolute Gasteiger partial charge is 0.379 e. The molecule has 0 unspecified atom stereocenters. The molecule has 0 amide bonds. The van der Waals surface area contributed by atoms with E-state index in [1.54, 1.807) is 11.3 Å². The fourth-order valence-corrected chi connectivity index (χ4v) is 4.60. The van der Waals surface area contributed by atoms with Crippen LogP contribution in [-0.4, -0.2) is 86.3 Å². The Hall–Kier alpha value is -1.22. The Morgan fingerprint density at radius 2 is 1.97 bits per heavy atom. The van der Waals surface area contributed by atoms with E-state index in [9.17, 15) is 0 Å². The Kier molecular flexibility index (Phi) is 9.66. The second-order valence-electron chi connectivity index (χ2n) is 7.91. The average molecular weight is 423 g/mol. The molecule has 1 aromatic heterocycles. The van der Waals surface area contributed by atoms with Gasteiger partial charge in [-0.1, -0.05) is 6.92 Å². The molecule has 0 bridgehead atoms. The highest BCUT2D eigenvalue weighted by molar-refractivity contribution is 7.09. The zero-order valence-electron chi connectivity index (χ0n) is 18.2. The molecule has 0 saturated carbocycles. The van der Waals surface area contributed by atoms with Crippen LogP contribution >= 0.6 is 11.3 Å². The zero-order valence-corrected chi connectivity index (χ0v) is 19.0. The molecule has 164 valence electrons. The number of nitrogens with zero attached hydrogens (tertiary/aromatic N) is 4. The number of nitrogens with one attached hydrogen (secondary N) is 2. The van der Waals surface area contributed by atoms with Gasteiger partial charge < -0.3 is 15.4 Å². The van der Waals surface area contributed by atoms with Crippen molar-refractivity contribution in [3.05, 3.63) is 16.1 Å². The molecule has 2 aliphatic heterocycles. The van der Waals surface area contributed by atoms with Crippen LogP contribution in [-0.2, 0) is 17.7 Å². The summed E-state index contributed by atoms with van der Waals surface area (Å²) in [6, 6.07) is 0. The van der Waals surface area contributed by atoms with Crippen LogP contribution < -0.4 is 10.6 Å². The van der Waals surface area contributed by atoms with Crippen molar-refractivity contribution in [2.24, 2.45) is 10.9 Å². The summed E-state index contributed by atoms with van der Waals surface area (Å²) in [4.78, 5) is 14.6. The molecule has 1 aromatic rings. The molecule has 2 fully saturated rings. The van der Waals surface area contributed by atoms with Gasteiger partial charge in [0.15, 0.2) is 5.96 Å². The fourth-order valence-electron chi connectivity index (χ4n) is 3.86. The first-order valence-corrected chi connectivity index (χ1v) is 12.1. The number of thiazole rings is 1. The number of likely N-dealkylation sites (tertiary alicyclic amines) is 1. The minimum absolute atomic E-state index is 0.683. The smallest absolute Gasteiger partial charge is 0.191 e. The molecular formula is C21H38N6OS. The quantitative estimate of drug-likeness (QED) is 0.467. The van der Waals surface area contributed by atoms with Gasteiger partial charge in [-0.15, -0.1) is 11.3 Å². The molecule has 3 heterocycles. The summed E-state index contributed by atoms with van der Waals surface area (Å²) in [5.41, 5.74) is 1.24. The molecule has 0 aromatic carbocycles. The van der Waals surface area contributed by atoms with E-state index in [0.29, 0.717) is 5.92 Å². The van der Waals surface area contributed by atoms with Crippen LogP contribution in [0.2, 0.25) is 0 Å². The van der Waals surface area contributed by atoms with Crippen molar-refractivity contribution in [1.82, 2.24) is 25.4 Å². The molecule has 0 aliphatic carbocycles. The minimum Gasteiger partial charge on any atom is -0.379 e. The van der Waals surface area contributed by atoms with Crippen LogP contribution in [0.5, 0.6) is 0 Å². The molecule has 29 heavy (non-hydrogen) atoms. The molecule has 0 atom stereocenters. The molecule has 0 spiro atoms. The van der Waals surface area contributed by atoms with E-state index < -0.39 is 0 Å². The summed E-state index contributed by atoms with van der Waals surface area (Å²) in [6.07, 6.45) is 3.49. The van der Waals surface area contributed by atoms with Crippen molar-refractivity contribution in [2.45, 2.75) is 39.7 Å². The van der Waals surface area contributed by atoms with Gasteiger partial charge in [0, 0.05) is 51.2 Å². The maximum Gasteiger partial charge on any atom is 0.191 e. The molecule has 3 rings (SSSR count). The molecule has 2 saturated heterocycles. The van der Waals surface area contributed by atoms with Crippen molar-refractivity contribution < 1.29 is 4.74 Å². The third kappa shape index (κ3) is 7.85. The van der Waals surface area contributed by atoms with E-state index >= 15 is 0 Å². The number of guanidine groups is 1. The van der Waals surface area contributed by atoms with Gasteiger partial charge in [0.2, 0.25) is 0 Å². The van der Waals surface area contributed by atoms with Crippen molar-refractivity contribution in [2.75, 3.05) is 65.6 Å². The second-order valence-corrected chi connectivity index (χ2v) is 8.85. The Bertz CT molecular complexity index is 608. The Labute approximate surface area is 179 Å². The average Bonchev–Trinajstić information content (AvgIpc) is 3.21. The van der Waals surface area contributed by atoms with Gasteiger partial charge in [-0.2, -0.15) is 0 Å². The zero-order chi connectivity index (χ0) is 20.3. The number of aromatic nitrogens is 1. The van der Waals surface area contributed by atoms with Crippen LogP contribution in [0.4, 0.5) is 0 Å². The van der Waals surface area contributed by atoms with Gasteiger partial charge in [-0.05, 0) is 45.2 Å². The lowest BCUT2D eigenvalue weighted by molar-refractivity contribution is 0.0389. The highest BCUT2D eigenvalue weighted by Crippen LogP contribution is 2.20. The maximum atomic E-state index is 5.41. The lowest BCUT2D eigenvalue weighted by Gasteiger charge is -2.31. The third-order valence-corrected chi connectivity index (χ3v) is 6.71. The van der Waals surface area contributed by atoms with Crippen molar-refractivity contribution in [3.8, 4) is 0 Å². The molecule has 2 aliphatic rings. The van der Waals surface area contributed by atoms with E-state index in [1.807, 2.05) is 0 Å². The summed E-state index contributed by atoms with van der Waals surface area (Å²) in [5.74, 6) is 1.64.